The SMILES string of the molecule is CC(C)SCC(NN)c1cc2ccccc2o1. The lowest BCUT2D eigenvalue weighted by atomic mass is 10.2. The highest BCUT2D eigenvalue weighted by Gasteiger charge is 2.15. The van der Waals surface area contributed by atoms with Crippen molar-refractivity contribution in [2.24, 2.45) is 5.84 Å². The van der Waals surface area contributed by atoms with Crippen molar-refractivity contribution in [1.29, 1.82) is 0 Å². The van der Waals surface area contributed by atoms with E-state index in [2.05, 4.69) is 25.3 Å². The number of hydrogen-bond donors (Lipinski definition) is 2. The van der Waals surface area contributed by atoms with Gasteiger partial charge in [-0.25, -0.2) is 5.43 Å². The molecule has 92 valence electrons. The average molecular weight is 250 g/mol. The summed E-state index contributed by atoms with van der Waals surface area (Å²) < 4.78 is 5.80. The van der Waals surface area contributed by atoms with Crippen LogP contribution in [-0.2, 0) is 0 Å². The van der Waals surface area contributed by atoms with E-state index in [0.29, 0.717) is 5.25 Å². The maximum absolute atomic E-state index is 5.80. The van der Waals surface area contributed by atoms with Gasteiger partial charge >= 0.3 is 0 Å². The molecule has 0 aliphatic carbocycles. The number of fused-ring (bicyclic) bond motifs is 1. The van der Waals surface area contributed by atoms with Crippen LogP contribution in [0.4, 0.5) is 0 Å². The summed E-state index contributed by atoms with van der Waals surface area (Å²) in [6, 6.07) is 10.1. The molecule has 2 aromatic rings. The van der Waals surface area contributed by atoms with Crippen LogP contribution < -0.4 is 11.3 Å². The minimum absolute atomic E-state index is 0.0646. The number of thioether (sulfide) groups is 1. The zero-order valence-corrected chi connectivity index (χ0v) is 11.0. The van der Waals surface area contributed by atoms with Crippen molar-refractivity contribution in [3.63, 3.8) is 0 Å². The second kappa shape index (κ2) is 5.58. The predicted molar refractivity (Wildman–Crippen MR) is 73.9 cm³/mol. The summed E-state index contributed by atoms with van der Waals surface area (Å²) >= 11 is 1.87. The fourth-order valence-electron chi connectivity index (χ4n) is 1.68. The molecular weight excluding hydrogens is 232 g/mol. The van der Waals surface area contributed by atoms with Gasteiger partial charge in [-0.3, -0.25) is 5.84 Å². The number of hydrogen-bond acceptors (Lipinski definition) is 4. The van der Waals surface area contributed by atoms with E-state index in [1.807, 2.05) is 36.0 Å². The molecule has 17 heavy (non-hydrogen) atoms. The maximum Gasteiger partial charge on any atom is 0.134 e. The Kier molecular flexibility index (Phi) is 4.10. The second-order valence-electron chi connectivity index (χ2n) is 4.29. The normalized spacial score (nSPS) is 13.4. The first kappa shape index (κ1) is 12.5. The third kappa shape index (κ3) is 3.03. The highest BCUT2D eigenvalue weighted by molar-refractivity contribution is 7.99. The van der Waals surface area contributed by atoms with E-state index in [1.165, 1.54) is 0 Å². The van der Waals surface area contributed by atoms with Gasteiger partial charge in [-0.05, 0) is 17.4 Å². The van der Waals surface area contributed by atoms with Gasteiger partial charge in [-0.2, -0.15) is 11.8 Å². The molecule has 0 aliphatic rings. The Hall–Kier alpha value is -0.970. The molecule has 1 unspecified atom stereocenters. The molecule has 0 fully saturated rings. The van der Waals surface area contributed by atoms with E-state index in [4.69, 9.17) is 10.3 Å². The summed E-state index contributed by atoms with van der Waals surface area (Å²) in [5.74, 6) is 7.40. The van der Waals surface area contributed by atoms with Gasteiger partial charge in [0, 0.05) is 11.1 Å². The van der Waals surface area contributed by atoms with Crippen LogP contribution >= 0.6 is 11.8 Å². The molecule has 0 saturated heterocycles. The van der Waals surface area contributed by atoms with Crippen LogP contribution in [0.15, 0.2) is 34.7 Å². The van der Waals surface area contributed by atoms with E-state index in [1.54, 1.807) is 0 Å². The zero-order valence-electron chi connectivity index (χ0n) is 10.1. The number of hydrazine groups is 1. The van der Waals surface area contributed by atoms with Gasteiger partial charge in [-0.15, -0.1) is 0 Å². The lowest BCUT2D eigenvalue weighted by Crippen LogP contribution is -2.29. The van der Waals surface area contributed by atoms with E-state index < -0.39 is 0 Å². The van der Waals surface area contributed by atoms with Crippen molar-refractivity contribution in [2.75, 3.05) is 5.75 Å². The van der Waals surface area contributed by atoms with Gasteiger partial charge in [-0.1, -0.05) is 32.0 Å². The Morgan fingerprint density at radius 3 is 2.76 bits per heavy atom. The molecule has 3 nitrogen and oxygen atoms in total. The molecule has 1 atom stereocenters. The van der Waals surface area contributed by atoms with E-state index >= 15 is 0 Å². The van der Waals surface area contributed by atoms with Gasteiger partial charge in [0.15, 0.2) is 0 Å². The lowest BCUT2D eigenvalue weighted by molar-refractivity contribution is 0.463. The Morgan fingerprint density at radius 1 is 1.35 bits per heavy atom. The van der Waals surface area contributed by atoms with Crippen molar-refractivity contribution in [2.45, 2.75) is 25.1 Å². The summed E-state index contributed by atoms with van der Waals surface area (Å²) in [5, 5.41) is 1.72. The monoisotopic (exact) mass is 250 g/mol. The molecule has 0 saturated carbocycles. The van der Waals surface area contributed by atoms with Gasteiger partial charge in [0.05, 0.1) is 6.04 Å². The van der Waals surface area contributed by atoms with Crippen molar-refractivity contribution < 1.29 is 4.42 Å². The van der Waals surface area contributed by atoms with Gasteiger partial charge < -0.3 is 4.42 Å². The molecule has 0 aliphatic heterocycles. The van der Waals surface area contributed by atoms with E-state index in [9.17, 15) is 0 Å². The van der Waals surface area contributed by atoms with Crippen LogP contribution in [0.5, 0.6) is 0 Å². The largest absolute Gasteiger partial charge is 0.459 e. The molecule has 3 N–H and O–H groups in total. The number of rotatable bonds is 5. The summed E-state index contributed by atoms with van der Waals surface area (Å²) in [7, 11) is 0. The number of nitrogens with one attached hydrogen (secondary N) is 1. The van der Waals surface area contributed by atoms with Gasteiger partial charge in [0.25, 0.3) is 0 Å². The number of benzene rings is 1. The minimum Gasteiger partial charge on any atom is -0.459 e. The zero-order chi connectivity index (χ0) is 12.3. The molecule has 1 heterocycles. The summed E-state index contributed by atoms with van der Waals surface area (Å²) in [5.41, 5.74) is 3.73. The Balaban J connectivity index is 2.18. The first-order valence-electron chi connectivity index (χ1n) is 5.77. The number of para-hydroxylation sites is 1. The third-order valence-corrected chi connectivity index (χ3v) is 3.78. The van der Waals surface area contributed by atoms with Gasteiger partial charge in [0.1, 0.15) is 11.3 Å². The Morgan fingerprint density at radius 2 is 2.12 bits per heavy atom. The van der Waals surface area contributed by atoms with Crippen LogP contribution in [0.25, 0.3) is 11.0 Å². The van der Waals surface area contributed by atoms with Crippen LogP contribution in [0.2, 0.25) is 0 Å². The average Bonchev–Trinajstić information content (AvgIpc) is 2.72. The second-order valence-corrected chi connectivity index (χ2v) is 5.90. The van der Waals surface area contributed by atoms with Crippen molar-refractivity contribution >= 4 is 22.7 Å². The molecule has 1 aromatic heterocycles. The maximum atomic E-state index is 5.80. The van der Waals surface area contributed by atoms with E-state index in [-0.39, 0.29) is 6.04 Å². The molecule has 0 radical (unpaired) electrons. The quantitative estimate of drug-likeness (QED) is 0.632. The smallest absolute Gasteiger partial charge is 0.134 e. The fourth-order valence-corrected chi connectivity index (χ4v) is 2.51. The first-order valence-corrected chi connectivity index (χ1v) is 6.82. The number of nitrogens with two attached hydrogens (primary N) is 1. The van der Waals surface area contributed by atoms with Gasteiger partial charge in [0.2, 0.25) is 0 Å². The highest BCUT2D eigenvalue weighted by Crippen LogP contribution is 2.26. The Bertz CT molecular complexity index is 448. The topological polar surface area (TPSA) is 51.2 Å². The van der Waals surface area contributed by atoms with Crippen molar-refractivity contribution in [3.05, 3.63) is 36.1 Å². The summed E-state index contributed by atoms with van der Waals surface area (Å²) in [6.07, 6.45) is 0. The molecule has 0 spiro atoms. The fraction of sp³-hybridized carbons (Fsp3) is 0.385. The van der Waals surface area contributed by atoms with Crippen molar-refractivity contribution in [1.82, 2.24) is 5.43 Å². The first-order chi connectivity index (χ1) is 8.20. The molecule has 0 bridgehead atoms. The van der Waals surface area contributed by atoms with Crippen LogP contribution in [0, 0.1) is 0 Å². The summed E-state index contributed by atoms with van der Waals surface area (Å²) in [4.78, 5) is 0. The standard InChI is InChI=1S/C13H18N2OS/c1-9(2)17-8-11(15-14)13-7-10-5-3-4-6-12(10)16-13/h3-7,9,11,15H,8,14H2,1-2H3. The lowest BCUT2D eigenvalue weighted by Gasteiger charge is -2.14. The van der Waals surface area contributed by atoms with E-state index in [0.717, 1.165) is 22.5 Å². The minimum atomic E-state index is 0.0646. The van der Waals surface area contributed by atoms with Crippen molar-refractivity contribution in [3.8, 4) is 0 Å². The number of furan rings is 1. The molecule has 4 heteroatoms. The third-order valence-electron chi connectivity index (χ3n) is 2.59. The Labute approximate surface area is 106 Å². The van der Waals surface area contributed by atoms with Crippen LogP contribution in [0.1, 0.15) is 25.6 Å². The van der Waals surface area contributed by atoms with Crippen LogP contribution in [-0.4, -0.2) is 11.0 Å². The summed E-state index contributed by atoms with van der Waals surface area (Å²) in [6.45, 7) is 4.35. The molecule has 2 rings (SSSR count). The predicted octanol–water partition coefficient (Wildman–Crippen LogP) is 3.08. The molecular formula is C13H18N2OS. The van der Waals surface area contributed by atoms with Crippen LogP contribution in [0.3, 0.4) is 0 Å². The highest BCUT2D eigenvalue weighted by atomic mass is 32.2. The molecule has 1 aromatic carbocycles. The molecule has 0 amide bonds.